The molecular weight excluding hydrogens is 232 g/mol. The van der Waals surface area contributed by atoms with E-state index in [1.165, 1.54) is 6.08 Å². The van der Waals surface area contributed by atoms with Crippen molar-refractivity contribution in [3.05, 3.63) is 29.8 Å². The Balaban J connectivity index is 3.22. The standard InChI is InChI=1S/C14H18O4/c1-3-5-7-10(15)13-12(17)8-11(16)9(6-4-2)14(13)18/h4,8,16-18H,2-3,5-7H2,1H3. The highest BCUT2D eigenvalue weighted by molar-refractivity contribution is 6.01. The average Bonchev–Trinajstić information content (AvgIpc) is 2.31. The summed E-state index contributed by atoms with van der Waals surface area (Å²) in [7, 11) is 0. The first-order chi connectivity index (χ1) is 8.52. The summed E-state index contributed by atoms with van der Waals surface area (Å²) in [5, 5.41) is 29.2. The van der Waals surface area contributed by atoms with Gasteiger partial charge in [-0.25, -0.2) is 0 Å². The molecule has 1 rings (SSSR count). The van der Waals surface area contributed by atoms with Gasteiger partial charge in [-0.2, -0.15) is 0 Å². The summed E-state index contributed by atoms with van der Waals surface area (Å²) in [6.07, 6.45) is 3.54. The van der Waals surface area contributed by atoms with Crippen molar-refractivity contribution in [2.45, 2.75) is 32.6 Å². The van der Waals surface area contributed by atoms with E-state index in [1.54, 1.807) is 0 Å². The number of rotatable bonds is 6. The van der Waals surface area contributed by atoms with Gasteiger partial charge < -0.3 is 15.3 Å². The highest BCUT2D eigenvalue weighted by Crippen LogP contribution is 2.38. The molecule has 3 N–H and O–H groups in total. The molecule has 0 aliphatic heterocycles. The highest BCUT2D eigenvalue weighted by atomic mass is 16.3. The minimum absolute atomic E-state index is 0.113. The fourth-order valence-corrected chi connectivity index (χ4v) is 1.77. The van der Waals surface area contributed by atoms with Crippen LogP contribution in [0.3, 0.4) is 0 Å². The first-order valence-corrected chi connectivity index (χ1v) is 5.93. The summed E-state index contributed by atoms with van der Waals surface area (Å²) in [4.78, 5) is 11.9. The maximum Gasteiger partial charge on any atom is 0.170 e. The Morgan fingerprint density at radius 2 is 2.00 bits per heavy atom. The Morgan fingerprint density at radius 1 is 1.33 bits per heavy atom. The number of phenolic OH excluding ortho intramolecular Hbond substituents is 3. The summed E-state index contributed by atoms with van der Waals surface area (Å²) in [5.74, 6) is -1.30. The molecule has 0 fully saturated rings. The quantitative estimate of drug-likeness (QED) is 0.536. The maximum atomic E-state index is 11.9. The third kappa shape index (κ3) is 2.83. The second-order valence-corrected chi connectivity index (χ2v) is 4.14. The van der Waals surface area contributed by atoms with Gasteiger partial charge in [-0.1, -0.05) is 19.4 Å². The molecule has 0 radical (unpaired) electrons. The van der Waals surface area contributed by atoms with Gasteiger partial charge in [-0.15, -0.1) is 6.58 Å². The van der Waals surface area contributed by atoms with Crippen LogP contribution in [-0.2, 0) is 6.42 Å². The van der Waals surface area contributed by atoms with Crippen molar-refractivity contribution >= 4 is 5.78 Å². The molecule has 1 aromatic rings. The number of ketones is 1. The molecule has 4 heteroatoms. The van der Waals surface area contributed by atoms with Crippen LogP contribution in [0.2, 0.25) is 0 Å². The second kappa shape index (κ2) is 6.10. The zero-order valence-electron chi connectivity index (χ0n) is 10.4. The lowest BCUT2D eigenvalue weighted by Crippen LogP contribution is -2.02. The fraction of sp³-hybridized carbons (Fsp3) is 0.357. The molecule has 18 heavy (non-hydrogen) atoms. The number of Topliss-reactive ketones (excluding diaryl/α,β-unsaturated/α-hetero) is 1. The predicted octanol–water partition coefficient (Wildman–Crippen LogP) is 2.90. The zero-order chi connectivity index (χ0) is 13.7. The summed E-state index contributed by atoms with van der Waals surface area (Å²) in [6.45, 7) is 5.47. The van der Waals surface area contributed by atoms with Crippen molar-refractivity contribution in [3.8, 4) is 17.2 Å². The number of unbranched alkanes of at least 4 members (excludes halogenated alkanes) is 1. The molecule has 0 atom stereocenters. The lowest BCUT2D eigenvalue weighted by atomic mass is 9.98. The SMILES string of the molecule is C=CCc1c(O)cc(O)c(C(=O)CCCC)c1O. The van der Waals surface area contributed by atoms with E-state index in [0.29, 0.717) is 6.42 Å². The van der Waals surface area contributed by atoms with Crippen LogP contribution in [0, 0.1) is 0 Å². The van der Waals surface area contributed by atoms with Crippen LogP contribution in [0.15, 0.2) is 18.7 Å². The Bertz CT molecular complexity index is 463. The zero-order valence-corrected chi connectivity index (χ0v) is 10.4. The molecule has 0 saturated heterocycles. The Hall–Kier alpha value is -1.97. The van der Waals surface area contributed by atoms with Crippen molar-refractivity contribution in [1.29, 1.82) is 0 Å². The Labute approximate surface area is 106 Å². The summed E-state index contributed by atoms with van der Waals surface area (Å²) < 4.78 is 0. The topological polar surface area (TPSA) is 77.8 Å². The molecule has 4 nitrogen and oxygen atoms in total. The third-order valence-corrected chi connectivity index (χ3v) is 2.75. The van der Waals surface area contributed by atoms with E-state index in [0.717, 1.165) is 12.5 Å². The first-order valence-electron chi connectivity index (χ1n) is 5.93. The van der Waals surface area contributed by atoms with Crippen molar-refractivity contribution in [2.24, 2.45) is 0 Å². The molecule has 0 aliphatic rings. The van der Waals surface area contributed by atoms with Crippen LogP contribution >= 0.6 is 0 Å². The van der Waals surface area contributed by atoms with E-state index >= 15 is 0 Å². The van der Waals surface area contributed by atoms with Gasteiger partial charge in [-0.05, 0) is 12.8 Å². The largest absolute Gasteiger partial charge is 0.507 e. The number of hydrogen-bond acceptors (Lipinski definition) is 4. The van der Waals surface area contributed by atoms with E-state index in [1.807, 2.05) is 6.92 Å². The molecule has 0 spiro atoms. The summed E-state index contributed by atoms with van der Waals surface area (Å²) in [5.41, 5.74) is 0.0979. The van der Waals surface area contributed by atoms with E-state index in [2.05, 4.69) is 6.58 Å². The second-order valence-electron chi connectivity index (χ2n) is 4.14. The number of hydrogen-bond donors (Lipinski definition) is 3. The number of benzene rings is 1. The maximum absolute atomic E-state index is 11.9. The van der Waals surface area contributed by atoms with Gasteiger partial charge in [0.2, 0.25) is 0 Å². The molecule has 0 aromatic heterocycles. The molecule has 0 bridgehead atoms. The molecule has 0 unspecified atom stereocenters. The Kier molecular flexibility index (Phi) is 4.77. The van der Waals surface area contributed by atoms with Crippen LogP contribution < -0.4 is 0 Å². The minimum Gasteiger partial charge on any atom is -0.507 e. The fourth-order valence-electron chi connectivity index (χ4n) is 1.77. The Morgan fingerprint density at radius 3 is 2.56 bits per heavy atom. The predicted molar refractivity (Wildman–Crippen MR) is 69.2 cm³/mol. The van der Waals surface area contributed by atoms with E-state index in [4.69, 9.17) is 0 Å². The van der Waals surface area contributed by atoms with Crippen LogP contribution in [0.4, 0.5) is 0 Å². The molecule has 0 amide bonds. The smallest absolute Gasteiger partial charge is 0.170 e. The van der Waals surface area contributed by atoms with Gasteiger partial charge >= 0.3 is 0 Å². The van der Waals surface area contributed by atoms with E-state index in [9.17, 15) is 20.1 Å². The monoisotopic (exact) mass is 250 g/mol. The minimum atomic E-state index is -0.390. The van der Waals surface area contributed by atoms with Crippen molar-refractivity contribution in [1.82, 2.24) is 0 Å². The average molecular weight is 250 g/mol. The normalized spacial score (nSPS) is 10.3. The molecule has 0 aliphatic carbocycles. The molecule has 0 heterocycles. The van der Waals surface area contributed by atoms with Gasteiger partial charge in [0.15, 0.2) is 5.78 Å². The first kappa shape index (κ1) is 14.1. The highest BCUT2D eigenvalue weighted by Gasteiger charge is 2.21. The van der Waals surface area contributed by atoms with Gasteiger partial charge in [0.1, 0.15) is 22.8 Å². The lowest BCUT2D eigenvalue weighted by Gasteiger charge is -2.11. The van der Waals surface area contributed by atoms with E-state index in [-0.39, 0.29) is 47.0 Å². The van der Waals surface area contributed by atoms with Crippen molar-refractivity contribution in [3.63, 3.8) is 0 Å². The number of aromatic hydroxyl groups is 3. The van der Waals surface area contributed by atoms with Gasteiger partial charge in [0.05, 0.1) is 0 Å². The summed E-state index contributed by atoms with van der Waals surface area (Å²) in [6, 6.07) is 1.08. The molecular formula is C14H18O4. The van der Waals surface area contributed by atoms with Gasteiger partial charge in [-0.3, -0.25) is 4.79 Å². The molecule has 98 valence electrons. The number of carbonyl (C=O) groups is 1. The van der Waals surface area contributed by atoms with Gasteiger partial charge in [0, 0.05) is 18.1 Å². The van der Waals surface area contributed by atoms with Crippen LogP contribution in [-0.4, -0.2) is 21.1 Å². The van der Waals surface area contributed by atoms with Crippen LogP contribution in [0.25, 0.3) is 0 Å². The number of carbonyl (C=O) groups excluding carboxylic acids is 1. The van der Waals surface area contributed by atoms with E-state index < -0.39 is 0 Å². The molecule has 0 saturated carbocycles. The van der Waals surface area contributed by atoms with Crippen LogP contribution in [0.5, 0.6) is 17.2 Å². The van der Waals surface area contributed by atoms with Crippen molar-refractivity contribution < 1.29 is 20.1 Å². The molecule has 1 aromatic carbocycles. The number of allylic oxidation sites excluding steroid dienone is 1. The lowest BCUT2D eigenvalue weighted by molar-refractivity contribution is 0.0974. The van der Waals surface area contributed by atoms with Gasteiger partial charge in [0.25, 0.3) is 0 Å². The number of phenols is 3. The third-order valence-electron chi connectivity index (χ3n) is 2.75. The van der Waals surface area contributed by atoms with Crippen LogP contribution in [0.1, 0.15) is 42.1 Å². The van der Waals surface area contributed by atoms with Crippen molar-refractivity contribution in [2.75, 3.05) is 0 Å². The summed E-state index contributed by atoms with van der Waals surface area (Å²) >= 11 is 0.